The van der Waals surface area contributed by atoms with Gasteiger partial charge in [-0.15, -0.1) is 0 Å². The summed E-state index contributed by atoms with van der Waals surface area (Å²) in [6, 6.07) is 7.25. The first kappa shape index (κ1) is 18.2. The molecule has 1 amide bonds. The van der Waals surface area contributed by atoms with Crippen LogP contribution in [0.25, 0.3) is 0 Å². The molecule has 0 aromatic heterocycles. The lowest BCUT2D eigenvalue weighted by molar-refractivity contribution is -0.137. The van der Waals surface area contributed by atoms with E-state index in [0.717, 1.165) is 5.56 Å². The number of likely N-dealkylation sites (N-methyl/N-ethyl adjacent to an activating group) is 1. The summed E-state index contributed by atoms with van der Waals surface area (Å²) in [6.45, 7) is 6.59. The summed E-state index contributed by atoms with van der Waals surface area (Å²) in [7, 11) is 3.59. The van der Waals surface area contributed by atoms with Crippen LogP contribution in [0.2, 0.25) is 0 Å². The molecule has 0 aliphatic heterocycles. The van der Waals surface area contributed by atoms with Gasteiger partial charge in [-0.2, -0.15) is 0 Å². The van der Waals surface area contributed by atoms with Gasteiger partial charge in [-0.05, 0) is 30.6 Å². The molecular formula is C17H26N2O3. The zero-order chi connectivity index (χ0) is 16.9. The summed E-state index contributed by atoms with van der Waals surface area (Å²) in [6.07, 6.45) is -0.131. The highest BCUT2D eigenvalue weighted by molar-refractivity contribution is 5.79. The van der Waals surface area contributed by atoms with Crippen LogP contribution >= 0.6 is 0 Å². The first-order chi connectivity index (χ1) is 10.1. The maximum absolute atomic E-state index is 11.9. The fourth-order valence-electron chi connectivity index (χ4n) is 2.17. The molecule has 5 heteroatoms. The number of hydrogen-bond donors (Lipinski definition) is 2. The average Bonchev–Trinajstić information content (AvgIpc) is 2.35. The van der Waals surface area contributed by atoms with E-state index in [1.54, 1.807) is 19.0 Å². The maximum Gasteiger partial charge on any atom is 0.305 e. The predicted octanol–water partition coefficient (Wildman–Crippen LogP) is 2.18. The third-order valence-corrected chi connectivity index (χ3v) is 3.35. The molecule has 0 saturated heterocycles. The lowest BCUT2D eigenvalue weighted by atomic mass is 9.86. The Kier molecular flexibility index (Phi) is 6.11. The molecule has 0 heterocycles. The van der Waals surface area contributed by atoms with Crippen molar-refractivity contribution in [3.05, 3.63) is 35.4 Å². The summed E-state index contributed by atoms with van der Waals surface area (Å²) >= 11 is 0. The number of benzene rings is 1. The van der Waals surface area contributed by atoms with Gasteiger partial charge in [-0.25, -0.2) is 0 Å². The molecule has 1 aromatic carbocycles. The monoisotopic (exact) mass is 306 g/mol. The third-order valence-electron chi connectivity index (χ3n) is 3.35. The van der Waals surface area contributed by atoms with E-state index in [2.05, 4.69) is 26.1 Å². The molecule has 1 rings (SSSR count). The van der Waals surface area contributed by atoms with Crippen molar-refractivity contribution in [2.24, 2.45) is 0 Å². The lowest BCUT2D eigenvalue weighted by Crippen LogP contribution is -2.36. The second kappa shape index (κ2) is 7.40. The Labute approximate surface area is 132 Å². The maximum atomic E-state index is 11.9. The van der Waals surface area contributed by atoms with Crippen molar-refractivity contribution in [1.82, 2.24) is 10.2 Å². The standard InChI is InChI=1S/C17H26N2O3/c1-17(2,3)13-8-6-12(7-9-13)14(10-16(21)22)18-15(20)11-19(4)5/h6-9,14H,10-11H2,1-5H3,(H,18,20)(H,21,22). The molecule has 0 aliphatic carbocycles. The molecule has 5 nitrogen and oxygen atoms in total. The van der Waals surface area contributed by atoms with Crippen LogP contribution in [-0.2, 0) is 15.0 Å². The van der Waals surface area contributed by atoms with Crippen molar-refractivity contribution < 1.29 is 14.7 Å². The molecule has 1 unspecified atom stereocenters. The van der Waals surface area contributed by atoms with Crippen molar-refractivity contribution in [1.29, 1.82) is 0 Å². The summed E-state index contributed by atoms with van der Waals surface area (Å²) in [4.78, 5) is 24.7. The largest absolute Gasteiger partial charge is 0.481 e. The summed E-state index contributed by atoms with van der Waals surface area (Å²) < 4.78 is 0. The SMILES string of the molecule is CN(C)CC(=O)NC(CC(=O)O)c1ccc(C(C)(C)C)cc1. The Morgan fingerprint density at radius 2 is 1.73 bits per heavy atom. The minimum atomic E-state index is -0.935. The quantitative estimate of drug-likeness (QED) is 0.845. The molecular weight excluding hydrogens is 280 g/mol. The lowest BCUT2D eigenvalue weighted by Gasteiger charge is -2.22. The van der Waals surface area contributed by atoms with Crippen molar-refractivity contribution in [3.8, 4) is 0 Å². The minimum Gasteiger partial charge on any atom is -0.481 e. The van der Waals surface area contributed by atoms with E-state index >= 15 is 0 Å². The zero-order valence-electron chi connectivity index (χ0n) is 14.0. The van der Waals surface area contributed by atoms with E-state index in [4.69, 9.17) is 5.11 Å². The Balaban J connectivity index is 2.92. The van der Waals surface area contributed by atoms with Gasteiger partial charge in [0.1, 0.15) is 0 Å². The second-order valence-electron chi connectivity index (χ2n) is 6.83. The number of amides is 1. The van der Waals surface area contributed by atoms with Gasteiger partial charge in [0.25, 0.3) is 0 Å². The van der Waals surface area contributed by atoms with Crippen LogP contribution in [-0.4, -0.2) is 42.5 Å². The summed E-state index contributed by atoms with van der Waals surface area (Å²) in [5.41, 5.74) is 2.02. The molecule has 2 N–H and O–H groups in total. The van der Waals surface area contributed by atoms with Gasteiger partial charge in [0.15, 0.2) is 0 Å². The molecule has 122 valence electrons. The van der Waals surface area contributed by atoms with E-state index in [1.165, 1.54) is 5.56 Å². The topological polar surface area (TPSA) is 69.6 Å². The van der Waals surface area contributed by atoms with Crippen LogP contribution in [0.3, 0.4) is 0 Å². The van der Waals surface area contributed by atoms with Gasteiger partial charge in [0.2, 0.25) is 5.91 Å². The molecule has 1 atom stereocenters. The van der Waals surface area contributed by atoms with Crippen LogP contribution in [0.15, 0.2) is 24.3 Å². The number of rotatable bonds is 6. The molecule has 0 fully saturated rings. The number of carbonyl (C=O) groups is 2. The van der Waals surface area contributed by atoms with Crippen LogP contribution in [0, 0.1) is 0 Å². The first-order valence-corrected chi connectivity index (χ1v) is 7.36. The van der Waals surface area contributed by atoms with Crippen LogP contribution in [0.5, 0.6) is 0 Å². The van der Waals surface area contributed by atoms with Crippen molar-refractivity contribution in [3.63, 3.8) is 0 Å². The van der Waals surface area contributed by atoms with Gasteiger partial charge >= 0.3 is 5.97 Å². The number of carbonyl (C=O) groups excluding carboxylic acids is 1. The van der Waals surface area contributed by atoms with Crippen LogP contribution in [0.1, 0.15) is 44.4 Å². The number of carboxylic acid groups (broad SMARTS) is 1. The molecule has 0 spiro atoms. The predicted molar refractivity (Wildman–Crippen MR) is 86.8 cm³/mol. The molecule has 1 aromatic rings. The molecule has 0 radical (unpaired) electrons. The van der Waals surface area contributed by atoms with Gasteiger partial charge in [0, 0.05) is 0 Å². The van der Waals surface area contributed by atoms with Crippen molar-refractivity contribution in [2.75, 3.05) is 20.6 Å². The van der Waals surface area contributed by atoms with E-state index in [9.17, 15) is 9.59 Å². The fraction of sp³-hybridized carbons (Fsp3) is 0.529. The van der Waals surface area contributed by atoms with Crippen molar-refractivity contribution in [2.45, 2.75) is 38.6 Å². The molecule has 0 aliphatic rings. The third kappa shape index (κ3) is 5.85. The van der Waals surface area contributed by atoms with E-state index in [1.807, 2.05) is 24.3 Å². The fourth-order valence-corrected chi connectivity index (χ4v) is 2.17. The number of hydrogen-bond acceptors (Lipinski definition) is 3. The van der Waals surface area contributed by atoms with Crippen LogP contribution in [0.4, 0.5) is 0 Å². The van der Waals surface area contributed by atoms with E-state index in [0.29, 0.717) is 0 Å². The normalized spacial score (nSPS) is 13.0. The van der Waals surface area contributed by atoms with Gasteiger partial charge in [0.05, 0.1) is 19.0 Å². The number of nitrogens with zero attached hydrogens (tertiary/aromatic N) is 1. The minimum absolute atomic E-state index is 0.0367. The van der Waals surface area contributed by atoms with Crippen LogP contribution < -0.4 is 5.32 Å². The summed E-state index contributed by atoms with van der Waals surface area (Å²) in [5.74, 6) is -1.12. The number of carboxylic acids is 1. The van der Waals surface area contributed by atoms with Gasteiger partial charge in [-0.3, -0.25) is 9.59 Å². The first-order valence-electron chi connectivity index (χ1n) is 7.36. The van der Waals surface area contributed by atoms with Gasteiger partial charge in [-0.1, -0.05) is 45.0 Å². The highest BCUT2D eigenvalue weighted by atomic mass is 16.4. The van der Waals surface area contributed by atoms with Gasteiger partial charge < -0.3 is 15.3 Å². The van der Waals surface area contributed by atoms with E-state index < -0.39 is 12.0 Å². The molecule has 22 heavy (non-hydrogen) atoms. The van der Waals surface area contributed by atoms with E-state index in [-0.39, 0.29) is 24.3 Å². The Hall–Kier alpha value is -1.88. The Bertz CT molecular complexity index is 516. The Morgan fingerprint density at radius 3 is 2.14 bits per heavy atom. The van der Waals surface area contributed by atoms with Crippen molar-refractivity contribution >= 4 is 11.9 Å². The average molecular weight is 306 g/mol. The number of nitrogens with one attached hydrogen (secondary N) is 1. The molecule has 0 saturated carbocycles. The summed E-state index contributed by atoms with van der Waals surface area (Å²) in [5, 5.41) is 11.9. The Morgan fingerprint density at radius 1 is 1.18 bits per heavy atom. The zero-order valence-corrected chi connectivity index (χ0v) is 14.0. The highest BCUT2D eigenvalue weighted by Crippen LogP contribution is 2.25. The molecule has 0 bridgehead atoms. The smallest absolute Gasteiger partial charge is 0.305 e. The highest BCUT2D eigenvalue weighted by Gasteiger charge is 2.20. The second-order valence-corrected chi connectivity index (χ2v) is 6.83. The number of aliphatic carboxylic acids is 1.